The smallest absolute Gasteiger partial charge is 0.264 e. The molecule has 44 heavy (non-hydrogen) atoms. The minimum absolute atomic E-state index is 0.0276. The van der Waals surface area contributed by atoms with Crippen LogP contribution in [0.2, 0.25) is 5.02 Å². The Bertz CT molecular complexity index is 1880. The molecule has 1 amide bonds. The molecule has 0 bridgehead atoms. The van der Waals surface area contributed by atoms with Crippen LogP contribution in [0.1, 0.15) is 23.6 Å². The number of carbonyl (C=O) groups is 1. The number of ether oxygens (including phenoxy) is 1. The summed E-state index contributed by atoms with van der Waals surface area (Å²) < 4.78 is 62.5. The van der Waals surface area contributed by atoms with Gasteiger partial charge >= 0.3 is 0 Å². The van der Waals surface area contributed by atoms with Crippen molar-refractivity contribution in [1.29, 1.82) is 0 Å². The van der Waals surface area contributed by atoms with E-state index < -0.39 is 32.5 Å². The first-order valence-electron chi connectivity index (χ1n) is 14.0. The molecule has 0 spiro atoms. The van der Waals surface area contributed by atoms with Crippen LogP contribution < -0.4 is 14.4 Å². The summed E-state index contributed by atoms with van der Waals surface area (Å²) in [4.78, 5) is 13.5. The average Bonchev–Trinajstić information content (AvgIpc) is 3.43. The van der Waals surface area contributed by atoms with E-state index in [9.17, 15) is 21.6 Å². The molecule has 1 aliphatic heterocycles. The fourth-order valence-corrected chi connectivity index (χ4v) is 8.12. The second-order valence-electron chi connectivity index (χ2n) is 10.3. The summed E-state index contributed by atoms with van der Waals surface area (Å²) in [5.74, 6) is 0.0137. The molecule has 9 nitrogen and oxygen atoms in total. The van der Waals surface area contributed by atoms with E-state index in [0.29, 0.717) is 46.3 Å². The minimum Gasteiger partial charge on any atom is -0.494 e. The first-order valence-corrected chi connectivity index (χ1v) is 17.2. The Morgan fingerprint density at radius 2 is 1.64 bits per heavy atom. The normalized spacial score (nSPS) is 13.1. The number of anilines is 2. The third-order valence-electron chi connectivity index (χ3n) is 7.23. The summed E-state index contributed by atoms with van der Waals surface area (Å²) in [6.07, 6.45) is 0.515. The summed E-state index contributed by atoms with van der Waals surface area (Å²) in [5, 5.41) is 3.19. The predicted octanol–water partition coefficient (Wildman–Crippen LogP) is 5.63. The maximum Gasteiger partial charge on any atom is 0.264 e. The highest BCUT2D eigenvalue weighted by molar-refractivity contribution is 7.92. The fourth-order valence-electron chi connectivity index (χ4n) is 5.03. The summed E-state index contributed by atoms with van der Waals surface area (Å²) in [5.41, 5.74) is 3.00. The Kier molecular flexibility index (Phi) is 9.31. The lowest BCUT2D eigenvalue weighted by atomic mass is 10.1. The van der Waals surface area contributed by atoms with Crippen LogP contribution in [0, 0.1) is 6.92 Å². The Hall–Kier alpha value is -3.90. The lowest BCUT2D eigenvalue weighted by Crippen LogP contribution is -2.37. The highest BCUT2D eigenvalue weighted by atomic mass is 35.5. The number of nitrogens with zero attached hydrogens (tertiary/aromatic N) is 2. The molecule has 0 aliphatic carbocycles. The Morgan fingerprint density at radius 3 is 2.32 bits per heavy atom. The number of halogens is 1. The number of hydrogen-bond donors (Lipinski definition) is 1. The molecule has 4 aromatic carbocycles. The summed E-state index contributed by atoms with van der Waals surface area (Å²) in [6, 6.07) is 24.6. The summed E-state index contributed by atoms with van der Waals surface area (Å²) >= 11 is 5.95. The summed E-state index contributed by atoms with van der Waals surface area (Å²) in [7, 11) is -7.95. The lowest BCUT2D eigenvalue weighted by molar-refractivity contribution is -0.116. The van der Waals surface area contributed by atoms with Gasteiger partial charge in [0.1, 0.15) is 5.75 Å². The number of benzene rings is 4. The van der Waals surface area contributed by atoms with Crippen LogP contribution in [0.25, 0.3) is 0 Å². The fraction of sp³-hybridized carbons (Fsp3) is 0.219. The van der Waals surface area contributed by atoms with Crippen molar-refractivity contribution in [1.82, 2.24) is 4.31 Å². The zero-order chi connectivity index (χ0) is 31.5. The summed E-state index contributed by atoms with van der Waals surface area (Å²) in [6.45, 7) is 3.82. The monoisotopic (exact) mass is 653 g/mol. The molecule has 0 aromatic heterocycles. The van der Waals surface area contributed by atoms with Gasteiger partial charge < -0.3 is 10.1 Å². The maximum atomic E-state index is 13.8. The molecule has 230 valence electrons. The SMILES string of the molecule is CCOc1ccc(S(=O)(=O)N(CC(=O)Nc2ccc3c(c2)N(S(=O)(=O)c2ccc(Cl)cc2)CC3)Cc2ccccc2)cc1C. The first-order chi connectivity index (χ1) is 21.0. The van der Waals surface area contributed by atoms with Crippen molar-refractivity contribution in [2.75, 3.05) is 29.3 Å². The van der Waals surface area contributed by atoms with Gasteiger partial charge in [-0.25, -0.2) is 16.8 Å². The minimum atomic E-state index is -4.09. The van der Waals surface area contributed by atoms with Crippen LogP contribution in [0.4, 0.5) is 11.4 Å². The van der Waals surface area contributed by atoms with Gasteiger partial charge in [-0.2, -0.15) is 4.31 Å². The third-order valence-corrected chi connectivity index (χ3v) is 11.1. The van der Waals surface area contributed by atoms with Crippen LogP contribution >= 0.6 is 11.6 Å². The quantitative estimate of drug-likeness (QED) is 0.225. The van der Waals surface area contributed by atoms with E-state index in [0.717, 1.165) is 9.87 Å². The van der Waals surface area contributed by atoms with Crippen LogP contribution in [-0.2, 0) is 37.8 Å². The number of amides is 1. The van der Waals surface area contributed by atoms with Gasteiger partial charge in [0, 0.05) is 23.8 Å². The van der Waals surface area contributed by atoms with Crippen molar-refractivity contribution < 1.29 is 26.4 Å². The molecule has 12 heteroatoms. The van der Waals surface area contributed by atoms with E-state index in [4.69, 9.17) is 16.3 Å². The van der Waals surface area contributed by atoms with Gasteiger partial charge in [-0.1, -0.05) is 48.0 Å². The Balaban J connectivity index is 1.39. The van der Waals surface area contributed by atoms with Crippen molar-refractivity contribution in [3.05, 3.63) is 113 Å². The standard InChI is InChI=1S/C32H32ClN3O6S2/c1-3-42-31-16-15-29(19-23(31)2)43(38,39)35(21-24-7-5-4-6-8-24)22-32(37)34-27-12-9-25-17-18-36(30(25)20-27)44(40,41)28-13-10-26(33)11-14-28/h4-16,19-20H,3,17-18,21-22H2,1-2H3,(H,34,37). The zero-order valence-electron chi connectivity index (χ0n) is 24.2. The van der Waals surface area contributed by atoms with Gasteiger partial charge in [0.05, 0.1) is 28.6 Å². The van der Waals surface area contributed by atoms with Crippen LogP contribution in [0.5, 0.6) is 5.75 Å². The molecule has 1 N–H and O–H groups in total. The van der Waals surface area contributed by atoms with E-state index in [2.05, 4.69) is 5.32 Å². The van der Waals surface area contributed by atoms with Crippen LogP contribution in [0.3, 0.4) is 0 Å². The van der Waals surface area contributed by atoms with Gasteiger partial charge in [-0.3, -0.25) is 9.10 Å². The molecule has 0 saturated carbocycles. The number of sulfonamides is 2. The molecule has 1 heterocycles. The maximum absolute atomic E-state index is 13.8. The van der Waals surface area contributed by atoms with Crippen molar-refractivity contribution in [2.45, 2.75) is 36.6 Å². The number of aryl methyl sites for hydroxylation is 1. The van der Waals surface area contributed by atoms with E-state index in [1.165, 1.54) is 40.7 Å². The second-order valence-corrected chi connectivity index (χ2v) is 14.5. The van der Waals surface area contributed by atoms with Crippen molar-refractivity contribution in [3.8, 4) is 5.75 Å². The molecular formula is C32H32ClN3O6S2. The lowest BCUT2D eigenvalue weighted by Gasteiger charge is -2.23. The Labute approximate surface area is 263 Å². The molecule has 0 atom stereocenters. The van der Waals surface area contributed by atoms with Crippen molar-refractivity contribution in [2.24, 2.45) is 0 Å². The molecule has 0 fully saturated rings. The second kappa shape index (κ2) is 13.0. The largest absolute Gasteiger partial charge is 0.494 e. The van der Waals surface area contributed by atoms with E-state index in [-0.39, 0.29) is 22.9 Å². The molecule has 0 saturated heterocycles. The van der Waals surface area contributed by atoms with E-state index in [1.807, 2.05) is 13.0 Å². The van der Waals surface area contributed by atoms with E-state index >= 15 is 0 Å². The first kappa shape index (κ1) is 31.5. The number of rotatable bonds is 11. The van der Waals surface area contributed by atoms with Gasteiger partial charge in [0.15, 0.2) is 0 Å². The molecule has 5 rings (SSSR count). The van der Waals surface area contributed by atoms with Gasteiger partial charge in [-0.15, -0.1) is 0 Å². The highest BCUT2D eigenvalue weighted by Crippen LogP contribution is 2.35. The van der Waals surface area contributed by atoms with Crippen LogP contribution in [0.15, 0.2) is 101 Å². The molecule has 0 unspecified atom stereocenters. The third kappa shape index (κ3) is 6.76. The number of hydrogen-bond acceptors (Lipinski definition) is 6. The van der Waals surface area contributed by atoms with E-state index in [1.54, 1.807) is 55.5 Å². The van der Waals surface area contributed by atoms with Crippen molar-refractivity contribution in [3.63, 3.8) is 0 Å². The van der Waals surface area contributed by atoms with Crippen molar-refractivity contribution >= 4 is 48.9 Å². The topological polar surface area (TPSA) is 113 Å². The highest BCUT2D eigenvalue weighted by Gasteiger charge is 2.32. The molecule has 4 aromatic rings. The average molecular weight is 654 g/mol. The molecular weight excluding hydrogens is 622 g/mol. The van der Waals surface area contributed by atoms with Gasteiger partial charge in [0.25, 0.3) is 10.0 Å². The number of fused-ring (bicyclic) bond motifs is 1. The molecule has 1 aliphatic rings. The van der Waals surface area contributed by atoms with Crippen LogP contribution in [-0.4, -0.2) is 46.7 Å². The Morgan fingerprint density at radius 1 is 0.932 bits per heavy atom. The zero-order valence-corrected chi connectivity index (χ0v) is 26.6. The van der Waals surface area contributed by atoms with Gasteiger partial charge in [0.2, 0.25) is 15.9 Å². The van der Waals surface area contributed by atoms with Gasteiger partial charge in [-0.05, 0) is 91.6 Å². The molecule has 0 radical (unpaired) electrons. The predicted molar refractivity (Wildman–Crippen MR) is 171 cm³/mol. The number of nitrogens with one attached hydrogen (secondary N) is 1. The number of carbonyl (C=O) groups excluding carboxylic acids is 1.